The molecule has 0 spiro atoms. The number of hydrogen-bond acceptors (Lipinski definition) is 1. The van der Waals surface area contributed by atoms with E-state index in [9.17, 15) is 0 Å². The summed E-state index contributed by atoms with van der Waals surface area (Å²) in [6.45, 7) is 0. The van der Waals surface area contributed by atoms with Crippen LogP contribution in [0.3, 0.4) is 0 Å². The van der Waals surface area contributed by atoms with E-state index in [2.05, 4.69) is 0 Å². The van der Waals surface area contributed by atoms with E-state index in [4.69, 9.17) is 46.4 Å². The number of halogens is 4. The molecule has 4 aromatic carbocycles. The second-order valence-electron chi connectivity index (χ2n) is 6.98. The fraction of sp³-hybridized carbons (Fsp3) is 0.0769. The predicted octanol–water partition coefficient (Wildman–Crippen LogP) is 9.20. The highest BCUT2D eigenvalue weighted by Gasteiger charge is 2.34. The van der Waals surface area contributed by atoms with E-state index in [0.717, 1.165) is 32.0 Å². The lowest BCUT2D eigenvalue weighted by Gasteiger charge is -2.26. The SMILES string of the molecule is ClC(Cl)(c1ccccc1)c1ccccc1Sc1ccccc1C(Cl)(Cl)c1ccccc1. The lowest BCUT2D eigenvalue weighted by atomic mass is 10.0. The largest absolute Gasteiger partial charge is 0.169 e. The van der Waals surface area contributed by atoms with Crippen LogP contribution in [-0.4, -0.2) is 0 Å². The van der Waals surface area contributed by atoms with Crippen molar-refractivity contribution in [2.75, 3.05) is 0 Å². The molecule has 5 heteroatoms. The van der Waals surface area contributed by atoms with Gasteiger partial charge in [-0.25, -0.2) is 0 Å². The minimum atomic E-state index is -1.20. The molecule has 156 valence electrons. The number of alkyl halides is 4. The van der Waals surface area contributed by atoms with E-state index in [-0.39, 0.29) is 0 Å². The van der Waals surface area contributed by atoms with Crippen molar-refractivity contribution in [1.82, 2.24) is 0 Å². The predicted molar refractivity (Wildman–Crippen MR) is 135 cm³/mol. The Bertz CT molecular complexity index is 1070. The van der Waals surface area contributed by atoms with Crippen LogP contribution in [0.2, 0.25) is 0 Å². The van der Waals surface area contributed by atoms with E-state index in [0.29, 0.717) is 0 Å². The number of rotatable bonds is 6. The third kappa shape index (κ3) is 4.77. The first-order chi connectivity index (χ1) is 14.9. The Labute approximate surface area is 207 Å². The Morgan fingerprint density at radius 2 is 0.742 bits per heavy atom. The van der Waals surface area contributed by atoms with Crippen LogP contribution in [0.25, 0.3) is 0 Å². The molecule has 0 aliphatic carbocycles. The second-order valence-corrected chi connectivity index (χ2v) is 10.7. The first-order valence-electron chi connectivity index (χ1n) is 9.64. The third-order valence-electron chi connectivity index (χ3n) is 4.94. The Balaban J connectivity index is 1.76. The van der Waals surface area contributed by atoms with Crippen molar-refractivity contribution in [3.63, 3.8) is 0 Å². The van der Waals surface area contributed by atoms with Crippen LogP contribution in [0, 0.1) is 0 Å². The van der Waals surface area contributed by atoms with Gasteiger partial charge in [0.05, 0.1) is 0 Å². The van der Waals surface area contributed by atoms with Gasteiger partial charge in [-0.1, -0.05) is 155 Å². The summed E-state index contributed by atoms with van der Waals surface area (Å²) in [6.07, 6.45) is 0. The van der Waals surface area contributed by atoms with Crippen molar-refractivity contribution in [2.24, 2.45) is 0 Å². The van der Waals surface area contributed by atoms with Gasteiger partial charge in [0, 0.05) is 20.9 Å². The number of benzene rings is 4. The molecule has 0 saturated carbocycles. The zero-order valence-electron chi connectivity index (χ0n) is 16.3. The van der Waals surface area contributed by atoms with E-state index in [1.807, 2.05) is 109 Å². The summed E-state index contributed by atoms with van der Waals surface area (Å²) in [5.74, 6) is 0. The molecule has 0 aliphatic rings. The lowest BCUT2D eigenvalue weighted by molar-refractivity contribution is 0.983. The maximum Gasteiger partial charge on any atom is 0.169 e. The molecule has 0 amide bonds. The molecule has 0 aliphatic heterocycles. The number of hydrogen-bond donors (Lipinski definition) is 0. The van der Waals surface area contributed by atoms with Crippen molar-refractivity contribution >= 4 is 58.2 Å². The second kappa shape index (κ2) is 9.48. The van der Waals surface area contributed by atoms with Crippen LogP contribution in [0.5, 0.6) is 0 Å². The van der Waals surface area contributed by atoms with Crippen LogP contribution in [0.1, 0.15) is 22.3 Å². The van der Waals surface area contributed by atoms with Crippen molar-refractivity contribution in [3.05, 3.63) is 131 Å². The molecule has 0 radical (unpaired) electrons. The third-order valence-corrected chi connectivity index (χ3v) is 7.78. The van der Waals surface area contributed by atoms with Gasteiger partial charge in [0.25, 0.3) is 0 Å². The molecule has 0 saturated heterocycles. The van der Waals surface area contributed by atoms with Crippen molar-refractivity contribution < 1.29 is 0 Å². The van der Waals surface area contributed by atoms with Crippen molar-refractivity contribution in [1.29, 1.82) is 0 Å². The van der Waals surface area contributed by atoms with E-state index in [1.54, 1.807) is 11.8 Å². The fourth-order valence-electron chi connectivity index (χ4n) is 3.35. The summed E-state index contributed by atoms with van der Waals surface area (Å²) in [4.78, 5) is 1.86. The minimum absolute atomic E-state index is 0.804. The zero-order valence-corrected chi connectivity index (χ0v) is 20.2. The quantitative estimate of drug-likeness (QED) is 0.236. The molecular weight excluding hydrogens is 486 g/mol. The van der Waals surface area contributed by atoms with Gasteiger partial charge in [0.1, 0.15) is 0 Å². The smallest absolute Gasteiger partial charge is 0.0909 e. The molecule has 0 aromatic heterocycles. The van der Waals surface area contributed by atoms with E-state index in [1.165, 1.54) is 0 Å². The summed E-state index contributed by atoms with van der Waals surface area (Å²) >= 11 is 29.1. The van der Waals surface area contributed by atoms with Gasteiger partial charge in [-0.15, -0.1) is 0 Å². The fourth-order valence-corrected chi connectivity index (χ4v) is 5.93. The van der Waals surface area contributed by atoms with Crippen LogP contribution >= 0.6 is 58.2 Å². The zero-order chi connectivity index (χ0) is 21.9. The molecule has 0 nitrogen and oxygen atoms in total. The molecule has 0 atom stereocenters. The lowest BCUT2D eigenvalue weighted by Crippen LogP contribution is -2.15. The molecular formula is C26H18Cl4S. The summed E-state index contributed by atoms with van der Waals surface area (Å²) in [5.41, 5.74) is 3.23. The van der Waals surface area contributed by atoms with Gasteiger partial charge in [0.2, 0.25) is 0 Å². The Morgan fingerprint density at radius 1 is 0.419 bits per heavy atom. The first kappa shape index (κ1) is 22.6. The van der Waals surface area contributed by atoms with Gasteiger partial charge in [0.15, 0.2) is 8.67 Å². The molecule has 0 fully saturated rings. The molecule has 0 heterocycles. The van der Waals surface area contributed by atoms with Gasteiger partial charge >= 0.3 is 0 Å². The van der Waals surface area contributed by atoms with Crippen LogP contribution < -0.4 is 0 Å². The summed E-state index contributed by atoms with van der Waals surface area (Å²) in [6, 6.07) is 35.0. The van der Waals surface area contributed by atoms with Crippen molar-refractivity contribution in [2.45, 2.75) is 18.5 Å². The summed E-state index contributed by atoms with van der Waals surface area (Å²) in [7, 11) is 0. The molecule has 0 N–H and O–H groups in total. The highest BCUT2D eigenvalue weighted by Crippen LogP contribution is 2.49. The van der Waals surface area contributed by atoms with Crippen LogP contribution in [-0.2, 0) is 8.67 Å². The highest BCUT2D eigenvalue weighted by atomic mass is 35.5. The topological polar surface area (TPSA) is 0 Å². The standard InChI is InChI=1S/C26H18Cl4S/c27-25(28,19-11-3-1-4-12-19)21-15-7-9-17-23(21)31-24-18-10-8-16-22(24)26(29,30)20-13-5-2-6-14-20/h1-18H. The maximum atomic E-state index is 6.88. The highest BCUT2D eigenvalue weighted by molar-refractivity contribution is 7.99. The van der Waals surface area contributed by atoms with Crippen LogP contribution in [0.4, 0.5) is 0 Å². The van der Waals surface area contributed by atoms with Gasteiger partial charge < -0.3 is 0 Å². The van der Waals surface area contributed by atoms with Gasteiger partial charge in [-0.2, -0.15) is 0 Å². The molecule has 0 bridgehead atoms. The summed E-state index contributed by atoms with van der Waals surface area (Å²) in [5, 5.41) is 0. The van der Waals surface area contributed by atoms with Crippen molar-refractivity contribution in [3.8, 4) is 0 Å². The van der Waals surface area contributed by atoms with E-state index >= 15 is 0 Å². The van der Waals surface area contributed by atoms with E-state index < -0.39 is 8.67 Å². The monoisotopic (exact) mass is 502 g/mol. The Hall–Kier alpha value is -1.61. The average molecular weight is 504 g/mol. The summed E-state index contributed by atoms with van der Waals surface area (Å²) < 4.78 is -2.39. The normalized spacial score (nSPS) is 12.0. The Morgan fingerprint density at radius 3 is 1.13 bits per heavy atom. The molecule has 31 heavy (non-hydrogen) atoms. The maximum absolute atomic E-state index is 6.88. The molecule has 0 unspecified atom stereocenters. The first-order valence-corrected chi connectivity index (χ1v) is 12.0. The minimum Gasteiger partial charge on any atom is -0.0909 e. The van der Waals surface area contributed by atoms with Crippen LogP contribution in [0.15, 0.2) is 119 Å². The molecule has 4 aromatic rings. The van der Waals surface area contributed by atoms with Gasteiger partial charge in [-0.3, -0.25) is 0 Å². The average Bonchev–Trinajstić information content (AvgIpc) is 2.81. The molecule has 4 rings (SSSR count). The Kier molecular flexibility index (Phi) is 6.91. The van der Waals surface area contributed by atoms with Gasteiger partial charge in [-0.05, 0) is 23.3 Å².